The van der Waals surface area contributed by atoms with Crippen molar-refractivity contribution in [3.63, 3.8) is 0 Å². The lowest BCUT2D eigenvalue weighted by Crippen LogP contribution is -2.18. The van der Waals surface area contributed by atoms with E-state index in [1.807, 2.05) is 53.2 Å². The third-order valence-corrected chi connectivity index (χ3v) is 5.14. The molecule has 4 aromatic rings. The average molecular weight is 373 g/mol. The molecule has 0 aliphatic heterocycles. The molecule has 5 heteroatoms. The lowest BCUT2D eigenvalue weighted by atomic mass is 10.1. The summed E-state index contributed by atoms with van der Waals surface area (Å²) in [7, 11) is 0. The predicted octanol–water partition coefficient (Wildman–Crippen LogP) is 5.23. The largest absolute Gasteiger partial charge is 0.336 e. The van der Waals surface area contributed by atoms with Gasteiger partial charge in [-0.05, 0) is 31.2 Å². The molecule has 0 spiro atoms. The first-order valence-electron chi connectivity index (χ1n) is 8.72. The standard InChI is InChI=1S/C22H19N3OS/c1-16-9-11-17(12-10-16)19-15-27-22(24-19)20-8-5-13-25(20)14-21(26)23-18-6-3-2-4-7-18/h2-13,15H,14H2,1H3,(H,23,26). The quantitative estimate of drug-likeness (QED) is 0.521. The van der Waals surface area contributed by atoms with Gasteiger partial charge in [-0.1, -0.05) is 48.0 Å². The van der Waals surface area contributed by atoms with Crippen LogP contribution < -0.4 is 5.32 Å². The summed E-state index contributed by atoms with van der Waals surface area (Å²) in [4.78, 5) is 17.1. The minimum absolute atomic E-state index is 0.0611. The summed E-state index contributed by atoms with van der Waals surface area (Å²) >= 11 is 1.59. The van der Waals surface area contributed by atoms with E-state index in [1.54, 1.807) is 11.3 Å². The van der Waals surface area contributed by atoms with Crippen LogP contribution in [0.3, 0.4) is 0 Å². The third-order valence-electron chi connectivity index (χ3n) is 4.27. The molecule has 4 nitrogen and oxygen atoms in total. The molecular weight excluding hydrogens is 354 g/mol. The van der Waals surface area contributed by atoms with E-state index in [9.17, 15) is 4.79 Å². The molecule has 0 aliphatic rings. The van der Waals surface area contributed by atoms with E-state index in [4.69, 9.17) is 4.98 Å². The summed E-state index contributed by atoms with van der Waals surface area (Å²) in [5.41, 5.74) is 5.03. The van der Waals surface area contributed by atoms with Crippen molar-refractivity contribution in [2.75, 3.05) is 5.32 Å². The van der Waals surface area contributed by atoms with Crippen LogP contribution in [0.2, 0.25) is 0 Å². The van der Waals surface area contributed by atoms with Crippen LogP contribution >= 0.6 is 11.3 Å². The van der Waals surface area contributed by atoms with Gasteiger partial charge < -0.3 is 9.88 Å². The number of benzene rings is 2. The zero-order chi connectivity index (χ0) is 18.6. The maximum absolute atomic E-state index is 12.4. The van der Waals surface area contributed by atoms with Crippen molar-refractivity contribution in [1.82, 2.24) is 9.55 Å². The van der Waals surface area contributed by atoms with Gasteiger partial charge in [0.1, 0.15) is 11.6 Å². The Labute approximate surface area is 162 Å². The number of rotatable bonds is 5. The van der Waals surface area contributed by atoms with Crippen LogP contribution in [0.4, 0.5) is 5.69 Å². The number of para-hydroxylation sites is 1. The van der Waals surface area contributed by atoms with Crippen LogP contribution in [0.5, 0.6) is 0 Å². The second-order valence-corrected chi connectivity index (χ2v) is 7.20. The van der Waals surface area contributed by atoms with Gasteiger partial charge in [0.15, 0.2) is 0 Å². The van der Waals surface area contributed by atoms with E-state index < -0.39 is 0 Å². The Bertz CT molecular complexity index is 1050. The molecule has 0 atom stereocenters. The third kappa shape index (κ3) is 3.99. The Morgan fingerprint density at radius 1 is 1.04 bits per heavy atom. The molecular formula is C22H19N3OS. The second kappa shape index (κ2) is 7.60. The van der Waals surface area contributed by atoms with Gasteiger partial charge in [0.2, 0.25) is 5.91 Å². The number of hydrogen-bond acceptors (Lipinski definition) is 3. The van der Waals surface area contributed by atoms with Crippen LogP contribution in [0.1, 0.15) is 5.56 Å². The minimum atomic E-state index is -0.0611. The van der Waals surface area contributed by atoms with Crippen LogP contribution in [0.15, 0.2) is 78.3 Å². The monoisotopic (exact) mass is 373 g/mol. The van der Waals surface area contributed by atoms with Crippen LogP contribution in [0.25, 0.3) is 22.0 Å². The van der Waals surface area contributed by atoms with E-state index in [2.05, 4.69) is 41.9 Å². The summed E-state index contributed by atoms with van der Waals surface area (Å²) < 4.78 is 1.93. The Hall–Kier alpha value is -3.18. The van der Waals surface area contributed by atoms with Crippen molar-refractivity contribution in [1.29, 1.82) is 0 Å². The zero-order valence-electron chi connectivity index (χ0n) is 14.9. The first-order chi connectivity index (χ1) is 13.2. The number of hydrogen-bond donors (Lipinski definition) is 1. The van der Waals surface area contributed by atoms with E-state index >= 15 is 0 Å². The topological polar surface area (TPSA) is 46.9 Å². The smallest absolute Gasteiger partial charge is 0.244 e. The lowest BCUT2D eigenvalue weighted by Gasteiger charge is -2.08. The van der Waals surface area contributed by atoms with Gasteiger partial charge in [-0.25, -0.2) is 4.98 Å². The molecule has 0 aliphatic carbocycles. The molecule has 0 radical (unpaired) electrons. The molecule has 1 N–H and O–H groups in total. The molecule has 2 aromatic carbocycles. The maximum Gasteiger partial charge on any atom is 0.244 e. The number of aromatic nitrogens is 2. The molecule has 27 heavy (non-hydrogen) atoms. The van der Waals surface area contributed by atoms with Crippen molar-refractivity contribution >= 4 is 22.9 Å². The molecule has 134 valence electrons. The van der Waals surface area contributed by atoms with Gasteiger partial charge >= 0.3 is 0 Å². The summed E-state index contributed by atoms with van der Waals surface area (Å²) in [6.07, 6.45) is 1.91. The van der Waals surface area contributed by atoms with Gasteiger partial charge in [0, 0.05) is 22.8 Å². The second-order valence-electron chi connectivity index (χ2n) is 6.34. The molecule has 0 saturated heterocycles. The summed E-state index contributed by atoms with van der Waals surface area (Å²) in [6.45, 7) is 2.32. The molecule has 4 rings (SSSR count). The summed E-state index contributed by atoms with van der Waals surface area (Å²) in [6, 6.07) is 21.8. The first-order valence-corrected chi connectivity index (χ1v) is 9.60. The van der Waals surface area contributed by atoms with E-state index in [1.165, 1.54) is 5.56 Å². The highest BCUT2D eigenvalue weighted by Crippen LogP contribution is 2.29. The highest BCUT2D eigenvalue weighted by Gasteiger charge is 2.12. The molecule has 1 amide bonds. The maximum atomic E-state index is 12.4. The number of nitrogens with zero attached hydrogens (tertiary/aromatic N) is 2. The Morgan fingerprint density at radius 3 is 2.59 bits per heavy atom. The van der Waals surface area contributed by atoms with Crippen LogP contribution in [-0.4, -0.2) is 15.5 Å². The number of aryl methyl sites for hydroxylation is 1. The van der Waals surface area contributed by atoms with Crippen molar-refractivity contribution in [3.05, 3.63) is 83.9 Å². The van der Waals surface area contributed by atoms with Crippen LogP contribution in [0, 0.1) is 6.92 Å². The van der Waals surface area contributed by atoms with E-state index in [0.717, 1.165) is 27.6 Å². The minimum Gasteiger partial charge on any atom is -0.336 e. The van der Waals surface area contributed by atoms with Gasteiger partial charge in [-0.2, -0.15) is 0 Å². The Balaban J connectivity index is 1.52. The predicted molar refractivity (Wildman–Crippen MR) is 111 cm³/mol. The number of carbonyl (C=O) groups excluding carboxylic acids is 1. The van der Waals surface area contributed by atoms with Crippen molar-refractivity contribution in [3.8, 4) is 22.0 Å². The fourth-order valence-corrected chi connectivity index (χ4v) is 3.74. The number of nitrogens with one attached hydrogen (secondary N) is 1. The SMILES string of the molecule is Cc1ccc(-c2csc(-c3cccn3CC(=O)Nc3ccccc3)n2)cc1. The number of amides is 1. The fraction of sp³-hybridized carbons (Fsp3) is 0.0909. The van der Waals surface area contributed by atoms with Gasteiger partial charge in [0.25, 0.3) is 0 Å². The Morgan fingerprint density at radius 2 is 1.81 bits per heavy atom. The number of thiazole rings is 1. The number of anilines is 1. The van der Waals surface area contributed by atoms with Crippen LogP contribution in [-0.2, 0) is 11.3 Å². The highest BCUT2D eigenvalue weighted by atomic mass is 32.1. The van der Waals surface area contributed by atoms with Crippen molar-refractivity contribution < 1.29 is 4.79 Å². The summed E-state index contributed by atoms with van der Waals surface area (Å²) in [5.74, 6) is -0.0611. The molecule has 0 saturated carbocycles. The molecule has 2 heterocycles. The lowest BCUT2D eigenvalue weighted by molar-refractivity contribution is -0.116. The summed E-state index contributed by atoms with van der Waals surface area (Å²) in [5, 5.41) is 5.88. The first kappa shape index (κ1) is 17.2. The van der Waals surface area contributed by atoms with Crippen molar-refractivity contribution in [2.45, 2.75) is 13.5 Å². The zero-order valence-corrected chi connectivity index (χ0v) is 15.7. The molecule has 0 fully saturated rings. The van der Waals surface area contributed by atoms with Crippen molar-refractivity contribution in [2.24, 2.45) is 0 Å². The number of carbonyl (C=O) groups is 1. The highest BCUT2D eigenvalue weighted by molar-refractivity contribution is 7.13. The Kier molecular flexibility index (Phi) is 4.85. The van der Waals surface area contributed by atoms with Gasteiger partial charge in [0.05, 0.1) is 11.4 Å². The van der Waals surface area contributed by atoms with Gasteiger partial charge in [-0.15, -0.1) is 11.3 Å². The van der Waals surface area contributed by atoms with Gasteiger partial charge in [-0.3, -0.25) is 4.79 Å². The molecule has 2 aromatic heterocycles. The van der Waals surface area contributed by atoms with E-state index in [-0.39, 0.29) is 12.5 Å². The molecule has 0 unspecified atom stereocenters. The normalized spacial score (nSPS) is 10.7. The van der Waals surface area contributed by atoms with E-state index in [0.29, 0.717) is 0 Å². The fourth-order valence-electron chi connectivity index (χ4n) is 2.87. The average Bonchev–Trinajstić information content (AvgIpc) is 3.32. The molecule has 0 bridgehead atoms.